The molecule has 1 aromatic heterocycles. The predicted octanol–water partition coefficient (Wildman–Crippen LogP) is 1.52. The summed E-state index contributed by atoms with van der Waals surface area (Å²) in [4.78, 5) is 18.7. The van der Waals surface area contributed by atoms with Gasteiger partial charge in [0.15, 0.2) is 0 Å². The Hall–Kier alpha value is -2.90. The summed E-state index contributed by atoms with van der Waals surface area (Å²) in [6, 6.07) is 14.2. The SMILES string of the molecule is Cn1cnc2ccc(NCC(=O)NCC(O)CN3CCc4ccccc4C3)cc21. The van der Waals surface area contributed by atoms with E-state index in [0.29, 0.717) is 6.54 Å². The van der Waals surface area contributed by atoms with Crippen LogP contribution in [0.15, 0.2) is 48.8 Å². The van der Waals surface area contributed by atoms with Crippen LogP contribution in [-0.4, -0.2) is 57.7 Å². The molecule has 0 spiro atoms. The summed E-state index contributed by atoms with van der Waals surface area (Å²) in [6.45, 7) is 2.74. The highest BCUT2D eigenvalue weighted by Crippen LogP contribution is 2.19. The third-order valence-electron chi connectivity index (χ3n) is 5.39. The van der Waals surface area contributed by atoms with Crippen LogP contribution in [0.3, 0.4) is 0 Å². The number of carbonyl (C=O) groups is 1. The van der Waals surface area contributed by atoms with E-state index in [1.54, 1.807) is 6.33 Å². The quantitative estimate of drug-likeness (QED) is 0.567. The molecule has 0 bridgehead atoms. The minimum absolute atomic E-state index is 0.141. The lowest BCUT2D eigenvalue weighted by Crippen LogP contribution is -2.43. The third-order valence-corrected chi connectivity index (χ3v) is 5.39. The van der Waals surface area contributed by atoms with E-state index in [1.165, 1.54) is 11.1 Å². The van der Waals surface area contributed by atoms with Gasteiger partial charge in [0.25, 0.3) is 0 Å². The molecule has 3 aromatic rings. The molecule has 29 heavy (non-hydrogen) atoms. The Bertz CT molecular complexity index is 1000. The van der Waals surface area contributed by atoms with Gasteiger partial charge in [-0.3, -0.25) is 9.69 Å². The monoisotopic (exact) mass is 393 g/mol. The molecule has 1 unspecified atom stereocenters. The van der Waals surface area contributed by atoms with Crippen LogP contribution in [0.1, 0.15) is 11.1 Å². The lowest BCUT2D eigenvalue weighted by molar-refractivity contribution is -0.119. The van der Waals surface area contributed by atoms with Gasteiger partial charge < -0.3 is 20.3 Å². The number of fused-ring (bicyclic) bond motifs is 2. The molecule has 0 aliphatic carbocycles. The van der Waals surface area contributed by atoms with Gasteiger partial charge in [0, 0.05) is 38.9 Å². The summed E-state index contributed by atoms with van der Waals surface area (Å²) in [6.07, 6.45) is 2.18. The fourth-order valence-corrected chi connectivity index (χ4v) is 3.79. The maximum atomic E-state index is 12.1. The highest BCUT2D eigenvalue weighted by atomic mass is 16.3. The van der Waals surface area contributed by atoms with Gasteiger partial charge >= 0.3 is 0 Å². The normalized spacial score (nSPS) is 15.1. The number of β-amino-alcohol motifs (C(OH)–C–C–N with tert-alkyl or cyclic N) is 1. The number of carbonyl (C=O) groups excluding carboxylic acids is 1. The molecule has 0 saturated carbocycles. The first-order valence-corrected chi connectivity index (χ1v) is 9.97. The third kappa shape index (κ3) is 4.75. The summed E-state index contributed by atoms with van der Waals surface area (Å²) in [5, 5.41) is 16.3. The van der Waals surface area contributed by atoms with Crippen LogP contribution in [0.5, 0.6) is 0 Å². The molecule has 3 N–H and O–H groups in total. The van der Waals surface area contributed by atoms with Crippen molar-refractivity contribution >= 4 is 22.6 Å². The molecule has 0 saturated heterocycles. The van der Waals surface area contributed by atoms with Crippen LogP contribution < -0.4 is 10.6 Å². The first-order valence-electron chi connectivity index (χ1n) is 9.97. The van der Waals surface area contributed by atoms with Gasteiger partial charge in [-0.05, 0) is 35.7 Å². The second kappa shape index (κ2) is 8.63. The van der Waals surface area contributed by atoms with Gasteiger partial charge in [0.2, 0.25) is 5.91 Å². The zero-order valence-corrected chi connectivity index (χ0v) is 16.6. The van der Waals surface area contributed by atoms with Crippen LogP contribution in [0.4, 0.5) is 5.69 Å². The van der Waals surface area contributed by atoms with Crippen molar-refractivity contribution in [1.29, 1.82) is 0 Å². The van der Waals surface area contributed by atoms with Crippen molar-refractivity contribution < 1.29 is 9.90 Å². The number of aromatic nitrogens is 2. The number of nitrogens with one attached hydrogen (secondary N) is 2. The van der Waals surface area contributed by atoms with Crippen LogP contribution in [0.2, 0.25) is 0 Å². The van der Waals surface area contributed by atoms with E-state index in [9.17, 15) is 9.90 Å². The Balaban J connectivity index is 1.20. The maximum Gasteiger partial charge on any atom is 0.239 e. The summed E-state index contributed by atoms with van der Waals surface area (Å²) < 4.78 is 1.94. The average Bonchev–Trinajstić information content (AvgIpc) is 3.11. The smallest absolute Gasteiger partial charge is 0.239 e. The molecule has 0 radical (unpaired) electrons. The van der Waals surface area contributed by atoms with E-state index >= 15 is 0 Å². The number of amides is 1. The van der Waals surface area contributed by atoms with Crippen molar-refractivity contribution in [2.45, 2.75) is 19.1 Å². The summed E-state index contributed by atoms with van der Waals surface area (Å²) in [7, 11) is 1.94. The average molecular weight is 393 g/mol. The second-order valence-electron chi connectivity index (χ2n) is 7.62. The molecule has 2 heterocycles. The fourth-order valence-electron chi connectivity index (χ4n) is 3.79. The molecule has 7 heteroatoms. The number of aliphatic hydroxyl groups excluding tert-OH is 1. The second-order valence-corrected chi connectivity index (χ2v) is 7.62. The zero-order valence-electron chi connectivity index (χ0n) is 16.6. The summed E-state index contributed by atoms with van der Waals surface area (Å²) in [5.41, 5.74) is 5.51. The molecule has 0 fully saturated rings. The van der Waals surface area contributed by atoms with Crippen LogP contribution in [-0.2, 0) is 24.8 Å². The Labute approximate surface area is 170 Å². The van der Waals surface area contributed by atoms with E-state index in [1.807, 2.05) is 29.8 Å². The standard InChI is InChI=1S/C22H27N5O2/c1-26-15-25-20-7-6-18(10-21(20)26)23-12-22(29)24-11-19(28)14-27-9-8-16-4-2-3-5-17(16)13-27/h2-7,10,15,19,23,28H,8-9,11-14H2,1H3,(H,24,29). The molecule has 1 amide bonds. The number of nitrogens with zero attached hydrogens (tertiary/aromatic N) is 3. The van der Waals surface area contributed by atoms with Gasteiger partial charge in [-0.2, -0.15) is 0 Å². The lowest BCUT2D eigenvalue weighted by atomic mass is 10.00. The van der Waals surface area contributed by atoms with Gasteiger partial charge in [-0.1, -0.05) is 24.3 Å². The molecule has 1 aliphatic heterocycles. The number of aryl methyl sites for hydroxylation is 1. The van der Waals surface area contributed by atoms with Crippen molar-refractivity contribution in [3.8, 4) is 0 Å². The molecule has 152 valence electrons. The molecular formula is C22H27N5O2. The zero-order chi connectivity index (χ0) is 20.2. The van der Waals surface area contributed by atoms with Crippen molar-refractivity contribution in [3.63, 3.8) is 0 Å². The van der Waals surface area contributed by atoms with Crippen molar-refractivity contribution in [3.05, 3.63) is 59.9 Å². The molecule has 4 rings (SSSR count). The number of rotatable bonds is 7. The highest BCUT2D eigenvalue weighted by Gasteiger charge is 2.18. The Morgan fingerprint density at radius 2 is 2.07 bits per heavy atom. The van der Waals surface area contributed by atoms with Crippen molar-refractivity contribution in [2.75, 3.05) is 31.5 Å². The Morgan fingerprint density at radius 1 is 1.24 bits per heavy atom. The predicted molar refractivity (Wildman–Crippen MR) is 114 cm³/mol. The van der Waals surface area contributed by atoms with Gasteiger partial charge in [0.05, 0.1) is 30.0 Å². The minimum atomic E-state index is -0.588. The summed E-state index contributed by atoms with van der Waals surface area (Å²) in [5.74, 6) is -0.141. The van der Waals surface area contributed by atoms with Gasteiger partial charge in [0.1, 0.15) is 0 Å². The number of hydrogen-bond donors (Lipinski definition) is 3. The van der Waals surface area contributed by atoms with Crippen LogP contribution in [0, 0.1) is 0 Å². The summed E-state index contributed by atoms with van der Waals surface area (Å²) >= 11 is 0. The molecule has 1 atom stereocenters. The van der Waals surface area contributed by atoms with E-state index in [4.69, 9.17) is 0 Å². The number of anilines is 1. The highest BCUT2D eigenvalue weighted by molar-refractivity contribution is 5.83. The molecule has 7 nitrogen and oxygen atoms in total. The number of imidazole rings is 1. The fraction of sp³-hybridized carbons (Fsp3) is 0.364. The van der Waals surface area contributed by atoms with Crippen LogP contribution >= 0.6 is 0 Å². The first-order chi connectivity index (χ1) is 14.1. The van der Waals surface area contributed by atoms with E-state index in [-0.39, 0.29) is 19.0 Å². The number of aliphatic hydroxyl groups is 1. The lowest BCUT2D eigenvalue weighted by Gasteiger charge is -2.30. The minimum Gasteiger partial charge on any atom is -0.390 e. The van der Waals surface area contributed by atoms with Crippen molar-refractivity contribution in [1.82, 2.24) is 19.8 Å². The largest absolute Gasteiger partial charge is 0.390 e. The van der Waals surface area contributed by atoms with Gasteiger partial charge in [-0.15, -0.1) is 0 Å². The van der Waals surface area contributed by atoms with E-state index in [0.717, 1.165) is 36.2 Å². The van der Waals surface area contributed by atoms with E-state index < -0.39 is 6.10 Å². The first kappa shape index (κ1) is 19.4. The Morgan fingerprint density at radius 3 is 2.93 bits per heavy atom. The topological polar surface area (TPSA) is 82.4 Å². The van der Waals surface area contributed by atoms with Crippen LogP contribution in [0.25, 0.3) is 11.0 Å². The van der Waals surface area contributed by atoms with Crippen molar-refractivity contribution in [2.24, 2.45) is 7.05 Å². The molecule has 2 aromatic carbocycles. The number of hydrogen-bond acceptors (Lipinski definition) is 5. The number of benzene rings is 2. The molecule has 1 aliphatic rings. The van der Waals surface area contributed by atoms with E-state index in [2.05, 4.69) is 44.8 Å². The van der Waals surface area contributed by atoms with Gasteiger partial charge in [-0.25, -0.2) is 4.98 Å². The maximum absolute atomic E-state index is 12.1. The Kier molecular flexibility index (Phi) is 5.78. The molecular weight excluding hydrogens is 366 g/mol.